The van der Waals surface area contributed by atoms with Crippen LogP contribution in [0.25, 0.3) is 0 Å². The summed E-state index contributed by atoms with van der Waals surface area (Å²) in [4.78, 5) is 8.68. The van der Waals surface area contributed by atoms with Gasteiger partial charge in [0.1, 0.15) is 5.82 Å². The normalized spacial score (nSPS) is 12.7. The van der Waals surface area contributed by atoms with Crippen molar-refractivity contribution in [3.05, 3.63) is 39.6 Å². The molecular formula is C13H19BrN6. The summed E-state index contributed by atoms with van der Waals surface area (Å²) in [5.41, 5.74) is 5.88. The lowest BCUT2D eigenvalue weighted by Crippen LogP contribution is -2.31. The highest BCUT2D eigenvalue weighted by molar-refractivity contribution is 9.10. The first-order valence-corrected chi connectivity index (χ1v) is 7.32. The predicted molar refractivity (Wildman–Crippen MR) is 80.9 cm³/mol. The number of aromatic nitrogens is 4. The van der Waals surface area contributed by atoms with Crippen molar-refractivity contribution >= 4 is 15.9 Å². The summed E-state index contributed by atoms with van der Waals surface area (Å²) < 4.78 is 2.99. The van der Waals surface area contributed by atoms with Gasteiger partial charge in [-0.2, -0.15) is 5.10 Å². The van der Waals surface area contributed by atoms with Crippen molar-refractivity contribution in [3.63, 3.8) is 0 Å². The van der Waals surface area contributed by atoms with Gasteiger partial charge in [-0.15, -0.1) is 0 Å². The van der Waals surface area contributed by atoms with E-state index in [1.54, 1.807) is 12.4 Å². The summed E-state index contributed by atoms with van der Waals surface area (Å²) in [6.45, 7) is 6.82. The van der Waals surface area contributed by atoms with Gasteiger partial charge in [-0.3, -0.25) is 10.5 Å². The van der Waals surface area contributed by atoms with Crippen molar-refractivity contribution in [1.29, 1.82) is 0 Å². The first-order valence-electron chi connectivity index (χ1n) is 6.53. The molecule has 1 unspecified atom stereocenters. The largest absolute Gasteiger partial charge is 0.271 e. The predicted octanol–water partition coefficient (Wildman–Crippen LogP) is 1.82. The molecule has 2 aromatic rings. The van der Waals surface area contributed by atoms with Crippen LogP contribution in [0, 0.1) is 13.8 Å². The van der Waals surface area contributed by atoms with Gasteiger partial charge in [0.25, 0.3) is 0 Å². The summed E-state index contributed by atoms with van der Waals surface area (Å²) in [5.74, 6) is 6.35. The molecule has 0 saturated carbocycles. The zero-order valence-corrected chi connectivity index (χ0v) is 13.5. The second kappa shape index (κ2) is 6.43. The van der Waals surface area contributed by atoms with E-state index < -0.39 is 0 Å². The van der Waals surface area contributed by atoms with Crippen molar-refractivity contribution in [2.75, 3.05) is 0 Å². The molecule has 1 atom stereocenters. The third-order valence-corrected chi connectivity index (χ3v) is 4.20. The van der Waals surface area contributed by atoms with E-state index in [1.807, 2.05) is 18.5 Å². The molecule has 0 aliphatic heterocycles. The molecule has 0 fully saturated rings. The third kappa shape index (κ3) is 3.05. The van der Waals surface area contributed by atoms with E-state index in [4.69, 9.17) is 5.84 Å². The molecule has 2 rings (SSSR count). The summed E-state index contributed by atoms with van der Waals surface area (Å²) in [6.07, 6.45) is 4.27. The lowest BCUT2D eigenvalue weighted by Gasteiger charge is -2.15. The minimum atomic E-state index is -0.145. The van der Waals surface area contributed by atoms with E-state index in [1.165, 1.54) is 0 Å². The van der Waals surface area contributed by atoms with Gasteiger partial charge >= 0.3 is 0 Å². The van der Waals surface area contributed by atoms with Crippen molar-refractivity contribution in [2.45, 2.75) is 39.8 Å². The molecule has 3 N–H and O–H groups in total. The van der Waals surface area contributed by atoms with Gasteiger partial charge in [0.15, 0.2) is 0 Å². The number of hydrazine groups is 1. The van der Waals surface area contributed by atoms with Crippen LogP contribution in [-0.4, -0.2) is 19.7 Å². The maximum Gasteiger partial charge on any atom is 0.146 e. The maximum atomic E-state index is 5.66. The third-order valence-electron chi connectivity index (χ3n) is 3.16. The minimum absolute atomic E-state index is 0.145. The fourth-order valence-electron chi connectivity index (χ4n) is 2.06. The van der Waals surface area contributed by atoms with Crippen LogP contribution in [0.1, 0.15) is 35.7 Å². The van der Waals surface area contributed by atoms with Crippen LogP contribution in [0.4, 0.5) is 0 Å². The Morgan fingerprint density at radius 2 is 2.00 bits per heavy atom. The molecule has 0 aromatic carbocycles. The van der Waals surface area contributed by atoms with E-state index in [9.17, 15) is 0 Å². The molecule has 0 bridgehead atoms. The van der Waals surface area contributed by atoms with Crippen LogP contribution >= 0.6 is 15.9 Å². The summed E-state index contributed by atoms with van der Waals surface area (Å²) in [7, 11) is 0. The Balaban J connectivity index is 2.28. The van der Waals surface area contributed by atoms with Crippen LogP contribution in [0.5, 0.6) is 0 Å². The van der Waals surface area contributed by atoms with Crippen molar-refractivity contribution < 1.29 is 0 Å². The van der Waals surface area contributed by atoms with E-state index in [2.05, 4.69) is 43.3 Å². The average Bonchev–Trinajstić information content (AvgIpc) is 2.73. The summed E-state index contributed by atoms with van der Waals surface area (Å²) >= 11 is 3.59. The van der Waals surface area contributed by atoms with Crippen LogP contribution in [-0.2, 0) is 13.0 Å². The van der Waals surface area contributed by atoms with Gasteiger partial charge in [-0.05, 0) is 42.3 Å². The van der Waals surface area contributed by atoms with Crippen molar-refractivity contribution in [1.82, 2.24) is 25.2 Å². The zero-order valence-electron chi connectivity index (χ0n) is 11.9. The Hall–Kier alpha value is -1.31. The number of nitrogens with two attached hydrogens (primary N) is 1. The van der Waals surface area contributed by atoms with E-state index in [0.29, 0.717) is 12.2 Å². The van der Waals surface area contributed by atoms with Crippen LogP contribution in [0.15, 0.2) is 16.9 Å². The first kappa shape index (κ1) is 15.1. The smallest absolute Gasteiger partial charge is 0.146 e. The molecule has 0 spiro atoms. The van der Waals surface area contributed by atoms with Crippen LogP contribution < -0.4 is 11.3 Å². The van der Waals surface area contributed by atoms with Crippen molar-refractivity contribution in [3.8, 4) is 0 Å². The standard InChI is InChI=1S/C13H19BrN6/c1-4-20-11(12(14)9(3)19-20)5-10(18-15)13-16-6-8(2)7-17-13/h6-7,10,18H,4-5,15H2,1-3H3. The Kier molecular flexibility index (Phi) is 4.85. The van der Waals surface area contributed by atoms with Gasteiger partial charge in [0.2, 0.25) is 0 Å². The fourth-order valence-corrected chi connectivity index (χ4v) is 2.51. The highest BCUT2D eigenvalue weighted by atomic mass is 79.9. The monoisotopic (exact) mass is 338 g/mol. The molecule has 0 saturated heterocycles. The average molecular weight is 339 g/mol. The molecule has 2 heterocycles. The topological polar surface area (TPSA) is 81.7 Å². The first-order chi connectivity index (χ1) is 9.56. The molecule has 0 aliphatic rings. The Morgan fingerprint density at radius 3 is 2.55 bits per heavy atom. The molecule has 6 nitrogen and oxygen atoms in total. The quantitative estimate of drug-likeness (QED) is 0.641. The van der Waals surface area contributed by atoms with E-state index >= 15 is 0 Å². The van der Waals surface area contributed by atoms with Gasteiger partial charge < -0.3 is 0 Å². The molecule has 20 heavy (non-hydrogen) atoms. The fraction of sp³-hybridized carbons (Fsp3) is 0.462. The zero-order chi connectivity index (χ0) is 14.7. The lowest BCUT2D eigenvalue weighted by atomic mass is 10.1. The summed E-state index contributed by atoms with van der Waals surface area (Å²) in [5, 5.41) is 4.48. The molecule has 0 aliphatic carbocycles. The molecule has 2 aromatic heterocycles. The Bertz CT molecular complexity index is 577. The van der Waals surface area contributed by atoms with E-state index in [0.717, 1.165) is 28.0 Å². The number of hydrogen-bond acceptors (Lipinski definition) is 5. The van der Waals surface area contributed by atoms with Crippen molar-refractivity contribution in [2.24, 2.45) is 5.84 Å². The van der Waals surface area contributed by atoms with Gasteiger partial charge in [0.05, 0.1) is 21.9 Å². The number of aryl methyl sites for hydroxylation is 3. The number of nitrogens with zero attached hydrogens (tertiary/aromatic N) is 4. The Morgan fingerprint density at radius 1 is 1.35 bits per heavy atom. The molecule has 0 amide bonds. The van der Waals surface area contributed by atoms with Crippen LogP contribution in [0.2, 0.25) is 0 Å². The van der Waals surface area contributed by atoms with E-state index in [-0.39, 0.29) is 6.04 Å². The second-order valence-electron chi connectivity index (χ2n) is 4.70. The Labute approximate surface area is 126 Å². The molecule has 108 valence electrons. The van der Waals surface area contributed by atoms with Crippen LogP contribution in [0.3, 0.4) is 0 Å². The number of halogens is 1. The maximum absolute atomic E-state index is 5.66. The molecule has 7 heteroatoms. The van der Waals surface area contributed by atoms with Gasteiger partial charge in [0, 0.05) is 25.4 Å². The lowest BCUT2D eigenvalue weighted by molar-refractivity contribution is 0.494. The number of nitrogens with one attached hydrogen (secondary N) is 1. The molecular weight excluding hydrogens is 320 g/mol. The highest BCUT2D eigenvalue weighted by Crippen LogP contribution is 2.25. The van der Waals surface area contributed by atoms with Gasteiger partial charge in [-0.25, -0.2) is 15.4 Å². The summed E-state index contributed by atoms with van der Waals surface area (Å²) in [6, 6.07) is -0.145. The number of hydrogen-bond donors (Lipinski definition) is 2. The minimum Gasteiger partial charge on any atom is -0.271 e. The highest BCUT2D eigenvalue weighted by Gasteiger charge is 2.19. The molecule has 0 radical (unpaired) electrons. The number of rotatable bonds is 5. The van der Waals surface area contributed by atoms with Gasteiger partial charge in [-0.1, -0.05) is 0 Å². The second-order valence-corrected chi connectivity index (χ2v) is 5.50. The SMILES string of the molecule is CCn1nc(C)c(Br)c1CC(NN)c1ncc(C)cn1.